The Morgan fingerprint density at radius 1 is 1.21 bits per heavy atom. The van der Waals surface area contributed by atoms with Gasteiger partial charge in [0.05, 0.1) is 11.3 Å². The summed E-state index contributed by atoms with van der Waals surface area (Å²) < 4.78 is 0. The van der Waals surface area contributed by atoms with Crippen LogP contribution in [0, 0.1) is 6.92 Å². The Morgan fingerprint density at radius 3 is 2.43 bits per heavy atom. The van der Waals surface area contributed by atoms with Crippen molar-refractivity contribution in [2.24, 2.45) is 0 Å². The number of anilines is 1. The molecule has 0 aliphatic carbocycles. The van der Waals surface area contributed by atoms with Crippen molar-refractivity contribution >= 4 is 45.9 Å². The lowest BCUT2D eigenvalue weighted by Crippen LogP contribution is -2.16. The molecular formula is C18H21N3O5S2. The highest BCUT2D eigenvalue weighted by Crippen LogP contribution is 2.40. The minimum absolute atomic E-state index is 0.0247. The third kappa shape index (κ3) is 5.08. The van der Waals surface area contributed by atoms with Crippen LogP contribution in [-0.4, -0.2) is 43.8 Å². The molecule has 0 aromatic carbocycles. The van der Waals surface area contributed by atoms with Gasteiger partial charge in [-0.15, -0.1) is 11.3 Å². The van der Waals surface area contributed by atoms with Crippen molar-refractivity contribution < 1.29 is 24.6 Å². The first kappa shape index (κ1) is 21.8. The van der Waals surface area contributed by atoms with E-state index in [1.165, 1.54) is 0 Å². The van der Waals surface area contributed by atoms with Crippen molar-refractivity contribution in [2.45, 2.75) is 44.7 Å². The molecule has 1 amide bonds. The molecule has 3 N–H and O–H groups in total. The van der Waals surface area contributed by atoms with Crippen LogP contribution in [0.5, 0.6) is 0 Å². The Hall–Kier alpha value is -2.46. The smallest absolute Gasteiger partial charge is 0.346 e. The lowest BCUT2D eigenvalue weighted by molar-refractivity contribution is -0.113. The number of thioether (sulfide) groups is 1. The van der Waals surface area contributed by atoms with Crippen molar-refractivity contribution in [3.8, 4) is 0 Å². The fraction of sp³-hybridized carbons (Fsp3) is 0.389. The SMILES string of the molecule is CCC(CC)c1c(C(=O)O)sc(NC(=O)CSc2nccc(C)n2)c1C(=O)O. The number of aromatic nitrogens is 2. The molecule has 150 valence electrons. The van der Waals surface area contributed by atoms with E-state index in [-0.39, 0.29) is 32.7 Å². The molecule has 0 saturated heterocycles. The number of carbonyl (C=O) groups excluding carboxylic acids is 1. The summed E-state index contributed by atoms with van der Waals surface area (Å²) in [5.41, 5.74) is 0.909. The summed E-state index contributed by atoms with van der Waals surface area (Å²) in [5, 5.41) is 22.2. The quantitative estimate of drug-likeness (QED) is 0.409. The molecule has 2 aromatic heterocycles. The Balaban J connectivity index is 2.28. The first-order valence-corrected chi connectivity index (χ1v) is 10.4. The summed E-state index contributed by atoms with van der Waals surface area (Å²) in [7, 11) is 0. The summed E-state index contributed by atoms with van der Waals surface area (Å²) in [4.78, 5) is 44.0. The van der Waals surface area contributed by atoms with Crippen LogP contribution in [0.15, 0.2) is 17.4 Å². The van der Waals surface area contributed by atoms with Gasteiger partial charge >= 0.3 is 11.9 Å². The zero-order valence-electron chi connectivity index (χ0n) is 15.7. The molecule has 8 nitrogen and oxygen atoms in total. The highest BCUT2D eigenvalue weighted by molar-refractivity contribution is 7.99. The molecule has 0 unspecified atom stereocenters. The van der Waals surface area contributed by atoms with Gasteiger partial charge in [-0.3, -0.25) is 4.79 Å². The minimum Gasteiger partial charge on any atom is -0.478 e. The van der Waals surface area contributed by atoms with Crippen LogP contribution in [-0.2, 0) is 4.79 Å². The molecule has 0 atom stereocenters. The molecule has 0 saturated carbocycles. The molecule has 0 spiro atoms. The maximum atomic E-state index is 12.3. The van der Waals surface area contributed by atoms with Crippen LogP contribution in [0.2, 0.25) is 0 Å². The summed E-state index contributed by atoms with van der Waals surface area (Å²) in [6.45, 7) is 5.56. The van der Waals surface area contributed by atoms with E-state index in [1.54, 1.807) is 12.3 Å². The molecule has 0 aliphatic heterocycles. The van der Waals surface area contributed by atoms with Crippen molar-refractivity contribution in [1.82, 2.24) is 9.97 Å². The number of nitrogens with one attached hydrogen (secondary N) is 1. The highest BCUT2D eigenvalue weighted by atomic mass is 32.2. The van der Waals surface area contributed by atoms with Gasteiger partial charge in [0, 0.05) is 11.9 Å². The largest absolute Gasteiger partial charge is 0.478 e. The lowest BCUT2D eigenvalue weighted by atomic mass is 9.90. The number of aromatic carboxylic acids is 2. The maximum Gasteiger partial charge on any atom is 0.346 e. The summed E-state index contributed by atoms with van der Waals surface area (Å²) in [6.07, 6.45) is 2.79. The second-order valence-corrected chi connectivity index (χ2v) is 7.95. The molecule has 2 aromatic rings. The molecule has 28 heavy (non-hydrogen) atoms. The van der Waals surface area contributed by atoms with Gasteiger partial charge in [-0.25, -0.2) is 19.6 Å². The number of carboxylic acid groups (broad SMARTS) is 2. The molecule has 0 aliphatic rings. The van der Waals surface area contributed by atoms with Gasteiger partial charge in [0.1, 0.15) is 9.88 Å². The number of amides is 1. The molecule has 2 heterocycles. The average molecular weight is 424 g/mol. The number of hydrogen-bond donors (Lipinski definition) is 3. The molecule has 0 radical (unpaired) electrons. The Labute approximate surface area is 170 Å². The number of carboxylic acids is 2. The van der Waals surface area contributed by atoms with E-state index in [9.17, 15) is 24.6 Å². The third-order valence-electron chi connectivity index (χ3n) is 4.11. The van der Waals surface area contributed by atoms with Crippen LogP contribution in [0.1, 0.15) is 63.9 Å². The first-order valence-electron chi connectivity index (χ1n) is 8.63. The number of hydrogen-bond acceptors (Lipinski definition) is 7. The number of carbonyl (C=O) groups is 3. The van der Waals surface area contributed by atoms with Gasteiger partial charge in [0.25, 0.3) is 0 Å². The van der Waals surface area contributed by atoms with E-state index in [0.717, 1.165) is 28.8 Å². The topological polar surface area (TPSA) is 129 Å². The van der Waals surface area contributed by atoms with Gasteiger partial charge in [-0.2, -0.15) is 0 Å². The average Bonchev–Trinajstić information content (AvgIpc) is 3.00. The summed E-state index contributed by atoms with van der Waals surface area (Å²) >= 11 is 1.90. The molecule has 10 heteroatoms. The zero-order chi connectivity index (χ0) is 20.8. The molecule has 0 bridgehead atoms. The fourth-order valence-electron chi connectivity index (χ4n) is 2.78. The maximum absolute atomic E-state index is 12.3. The van der Waals surface area contributed by atoms with Crippen LogP contribution in [0.3, 0.4) is 0 Å². The molecular weight excluding hydrogens is 402 g/mol. The Bertz CT molecular complexity index is 893. The predicted molar refractivity (Wildman–Crippen MR) is 108 cm³/mol. The first-order chi connectivity index (χ1) is 13.3. The zero-order valence-corrected chi connectivity index (χ0v) is 17.3. The van der Waals surface area contributed by atoms with Crippen LogP contribution in [0.4, 0.5) is 5.00 Å². The van der Waals surface area contributed by atoms with Gasteiger partial charge in [-0.1, -0.05) is 25.6 Å². The third-order valence-corrected chi connectivity index (χ3v) is 6.08. The Kier molecular flexibility index (Phi) is 7.53. The van der Waals surface area contributed by atoms with Gasteiger partial charge < -0.3 is 15.5 Å². The molecule has 2 rings (SSSR count). The van der Waals surface area contributed by atoms with Crippen molar-refractivity contribution in [3.05, 3.63) is 34.0 Å². The number of rotatable bonds is 9. The van der Waals surface area contributed by atoms with Crippen LogP contribution < -0.4 is 5.32 Å². The fourth-order valence-corrected chi connectivity index (χ4v) is 4.59. The van der Waals surface area contributed by atoms with E-state index in [4.69, 9.17) is 0 Å². The van der Waals surface area contributed by atoms with E-state index in [1.807, 2.05) is 20.8 Å². The van der Waals surface area contributed by atoms with Gasteiger partial charge in [0.2, 0.25) is 5.91 Å². The lowest BCUT2D eigenvalue weighted by Gasteiger charge is -2.14. The van der Waals surface area contributed by atoms with E-state index < -0.39 is 17.8 Å². The van der Waals surface area contributed by atoms with E-state index >= 15 is 0 Å². The highest BCUT2D eigenvalue weighted by Gasteiger charge is 2.31. The summed E-state index contributed by atoms with van der Waals surface area (Å²) in [5.74, 6) is -3.14. The van der Waals surface area contributed by atoms with Gasteiger partial charge in [0.15, 0.2) is 5.16 Å². The number of nitrogens with zero attached hydrogens (tertiary/aromatic N) is 2. The van der Waals surface area contributed by atoms with E-state index in [2.05, 4.69) is 15.3 Å². The second kappa shape index (κ2) is 9.65. The Morgan fingerprint density at radius 2 is 1.89 bits per heavy atom. The molecule has 0 fully saturated rings. The standard InChI is InChI=1S/C18H21N3O5S2/c1-4-10(5-2)12-13(16(23)24)15(28-14(12)17(25)26)21-11(22)8-27-18-19-7-6-9(3)20-18/h6-7,10H,4-5,8H2,1-3H3,(H,21,22)(H,23,24)(H,25,26). The normalized spacial score (nSPS) is 10.9. The van der Waals surface area contributed by atoms with Gasteiger partial charge in [-0.05, 0) is 37.3 Å². The van der Waals surface area contributed by atoms with Crippen molar-refractivity contribution in [1.29, 1.82) is 0 Å². The van der Waals surface area contributed by atoms with Crippen LogP contribution in [0.25, 0.3) is 0 Å². The minimum atomic E-state index is -1.25. The van der Waals surface area contributed by atoms with E-state index in [0.29, 0.717) is 18.0 Å². The predicted octanol–water partition coefficient (Wildman–Crippen LogP) is 3.88. The summed E-state index contributed by atoms with van der Waals surface area (Å²) in [6, 6.07) is 1.74. The van der Waals surface area contributed by atoms with Crippen molar-refractivity contribution in [2.75, 3.05) is 11.1 Å². The van der Waals surface area contributed by atoms with Crippen molar-refractivity contribution in [3.63, 3.8) is 0 Å². The second-order valence-electron chi connectivity index (χ2n) is 5.99. The van der Waals surface area contributed by atoms with Crippen LogP contribution >= 0.6 is 23.1 Å². The number of aryl methyl sites for hydroxylation is 1. The number of thiophene rings is 1. The monoisotopic (exact) mass is 423 g/mol.